The molecule has 0 radical (unpaired) electrons. The summed E-state index contributed by atoms with van der Waals surface area (Å²) in [6.07, 6.45) is 4.50. The number of nitrogens with zero attached hydrogens (tertiary/aromatic N) is 6. The fourth-order valence-electron chi connectivity index (χ4n) is 4.07. The lowest BCUT2D eigenvalue weighted by molar-refractivity contribution is -0.00765. The largest absolute Gasteiger partial charge is 0.494 e. The maximum absolute atomic E-state index is 13.9. The number of sulfonamides is 1. The molecule has 0 saturated heterocycles. The van der Waals surface area contributed by atoms with Gasteiger partial charge in [0.25, 0.3) is 0 Å². The Bertz CT molecular complexity index is 1570. The molecule has 0 fully saturated rings. The number of rotatable bonds is 12. The van der Waals surface area contributed by atoms with E-state index in [0.29, 0.717) is 28.6 Å². The average molecular weight is 584 g/mol. The van der Waals surface area contributed by atoms with E-state index in [9.17, 15) is 13.5 Å². The number of methoxy groups -OCH3 is 2. The standard InChI is InChI=1S/C27H33N7O6S/c1-16-10-20(14-28-11-16)26-31-32-27(34(26)23-21(38-5)8-7-9-22(23)39-6)33-41(36,37)19(4)24(40-15-18(3)35)25-29-12-17(2)13-30-25/h7-14,18-19,24,35H,15H2,1-6H3,(H,32,33)/t18-,19-,24+/m1/s1. The minimum Gasteiger partial charge on any atom is -0.494 e. The van der Waals surface area contributed by atoms with Crippen LogP contribution >= 0.6 is 0 Å². The molecule has 0 amide bonds. The van der Waals surface area contributed by atoms with Crippen LogP contribution in [0.3, 0.4) is 0 Å². The summed E-state index contributed by atoms with van der Waals surface area (Å²) < 4.78 is 48.8. The number of benzene rings is 1. The smallest absolute Gasteiger partial charge is 0.243 e. The molecule has 3 aromatic heterocycles. The van der Waals surface area contributed by atoms with Gasteiger partial charge in [-0.15, -0.1) is 10.2 Å². The number of aromatic nitrogens is 6. The normalized spacial score (nSPS) is 13.8. The van der Waals surface area contributed by atoms with Crippen LogP contribution in [0.25, 0.3) is 17.1 Å². The van der Waals surface area contributed by atoms with Gasteiger partial charge in [0.1, 0.15) is 28.5 Å². The second-order valence-electron chi connectivity index (χ2n) is 9.52. The maximum Gasteiger partial charge on any atom is 0.243 e. The van der Waals surface area contributed by atoms with Gasteiger partial charge in [0.2, 0.25) is 16.0 Å². The van der Waals surface area contributed by atoms with Gasteiger partial charge in [-0.2, -0.15) is 0 Å². The number of hydrogen-bond donors (Lipinski definition) is 2. The van der Waals surface area contributed by atoms with Crippen LogP contribution in [0.5, 0.6) is 11.5 Å². The molecule has 4 aromatic rings. The summed E-state index contributed by atoms with van der Waals surface area (Å²) in [5.74, 6) is 1.14. The van der Waals surface area contributed by atoms with E-state index in [1.807, 2.05) is 19.9 Å². The van der Waals surface area contributed by atoms with Crippen molar-refractivity contribution in [3.63, 3.8) is 0 Å². The van der Waals surface area contributed by atoms with E-state index in [4.69, 9.17) is 14.2 Å². The first-order valence-electron chi connectivity index (χ1n) is 12.7. The molecular weight excluding hydrogens is 550 g/mol. The van der Waals surface area contributed by atoms with Crippen molar-refractivity contribution in [2.24, 2.45) is 0 Å². The fraction of sp³-hybridized carbons (Fsp3) is 0.370. The lowest BCUT2D eigenvalue weighted by atomic mass is 10.2. The lowest BCUT2D eigenvalue weighted by Crippen LogP contribution is -2.35. The van der Waals surface area contributed by atoms with Gasteiger partial charge >= 0.3 is 0 Å². The van der Waals surface area contributed by atoms with Crippen molar-refractivity contribution < 1.29 is 27.7 Å². The summed E-state index contributed by atoms with van der Waals surface area (Å²) in [5, 5.41) is 17.1. The van der Waals surface area contributed by atoms with Gasteiger partial charge in [0, 0.05) is 30.4 Å². The average Bonchev–Trinajstić information content (AvgIpc) is 3.35. The first-order valence-corrected chi connectivity index (χ1v) is 14.3. The summed E-state index contributed by atoms with van der Waals surface area (Å²) in [7, 11) is -1.23. The van der Waals surface area contributed by atoms with E-state index >= 15 is 0 Å². The maximum atomic E-state index is 13.9. The summed E-state index contributed by atoms with van der Waals surface area (Å²) in [4.78, 5) is 12.8. The van der Waals surface area contributed by atoms with Crippen LogP contribution in [0.1, 0.15) is 36.9 Å². The first-order chi connectivity index (χ1) is 19.6. The summed E-state index contributed by atoms with van der Waals surface area (Å²) in [6.45, 7) is 6.58. The molecule has 0 spiro atoms. The van der Waals surface area contributed by atoms with E-state index in [0.717, 1.165) is 11.1 Å². The Labute approximate surface area is 238 Å². The number of ether oxygens (including phenoxy) is 3. The van der Waals surface area contributed by atoms with E-state index in [2.05, 4.69) is 29.9 Å². The van der Waals surface area contributed by atoms with Crippen molar-refractivity contribution in [1.29, 1.82) is 0 Å². The number of aliphatic hydroxyl groups excluding tert-OH is 1. The topological polar surface area (TPSA) is 163 Å². The molecule has 0 aliphatic rings. The number of nitrogens with one attached hydrogen (secondary N) is 1. The van der Waals surface area contributed by atoms with Gasteiger partial charge in [-0.1, -0.05) is 6.07 Å². The third-order valence-electron chi connectivity index (χ3n) is 6.14. The predicted molar refractivity (Wildman–Crippen MR) is 152 cm³/mol. The highest BCUT2D eigenvalue weighted by atomic mass is 32.2. The molecule has 3 atom stereocenters. The van der Waals surface area contributed by atoms with Crippen LogP contribution in [0.15, 0.2) is 49.1 Å². The van der Waals surface area contributed by atoms with E-state index in [-0.39, 0.29) is 18.4 Å². The minimum absolute atomic E-state index is 0.116. The summed E-state index contributed by atoms with van der Waals surface area (Å²) in [5.41, 5.74) is 2.65. The third-order valence-corrected chi connectivity index (χ3v) is 7.84. The number of para-hydroxylation sites is 1. The van der Waals surface area contributed by atoms with Gasteiger partial charge in [0.05, 0.1) is 26.9 Å². The zero-order valence-corrected chi connectivity index (χ0v) is 24.5. The summed E-state index contributed by atoms with van der Waals surface area (Å²) in [6, 6.07) is 7.03. The van der Waals surface area contributed by atoms with E-state index in [1.54, 1.807) is 43.0 Å². The van der Waals surface area contributed by atoms with Crippen molar-refractivity contribution in [2.45, 2.75) is 45.2 Å². The minimum atomic E-state index is -4.22. The highest BCUT2D eigenvalue weighted by Gasteiger charge is 2.36. The number of aryl methyl sites for hydroxylation is 2. The van der Waals surface area contributed by atoms with Gasteiger partial charge in [0.15, 0.2) is 11.6 Å². The van der Waals surface area contributed by atoms with Gasteiger partial charge in [-0.3, -0.25) is 14.3 Å². The van der Waals surface area contributed by atoms with Crippen LogP contribution < -0.4 is 14.2 Å². The Morgan fingerprint density at radius 1 is 0.976 bits per heavy atom. The zero-order valence-electron chi connectivity index (χ0n) is 23.6. The lowest BCUT2D eigenvalue weighted by Gasteiger charge is -2.24. The number of pyridine rings is 1. The second kappa shape index (κ2) is 12.6. The predicted octanol–water partition coefficient (Wildman–Crippen LogP) is 3.02. The molecule has 2 N–H and O–H groups in total. The van der Waals surface area contributed by atoms with Gasteiger partial charge in [-0.05, 0) is 57.0 Å². The zero-order chi connectivity index (χ0) is 29.7. The molecule has 41 heavy (non-hydrogen) atoms. The Morgan fingerprint density at radius 3 is 2.22 bits per heavy atom. The first kappa shape index (κ1) is 29.8. The third kappa shape index (κ3) is 6.61. The molecular formula is C27H33N7O6S. The van der Waals surface area contributed by atoms with Crippen LogP contribution in [0.2, 0.25) is 0 Å². The summed E-state index contributed by atoms with van der Waals surface area (Å²) >= 11 is 0. The molecule has 0 saturated carbocycles. The van der Waals surface area contributed by atoms with Crippen LogP contribution in [0.4, 0.5) is 5.95 Å². The molecule has 4 rings (SSSR count). The van der Waals surface area contributed by atoms with Crippen LogP contribution in [-0.2, 0) is 14.8 Å². The molecule has 0 bridgehead atoms. The Balaban J connectivity index is 1.83. The quantitative estimate of drug-likeness (QED) is 0.252. The van der Waals surface area contributed by atoms with Crippen molar-refractivity contribution in [3.05, 3.63) is 66.0 Å². The van der Waals surface area contributed by atoms with E-state index < -0.39 is 27.5 Å². The van der Waals surface area contributed by atoms with Crippen LogP contribution in [-0.4, -0.2) is 75.4 Å². The van der Waals surface area contributed by atoms with Crippen molar-refractivity contribution in [1.82, 2.24) is 29.7 Å². The number of hydrogen-bond acceptors (Lipinski definition) is 11. The Morgan fingerprint density at radius 2 is 1.63 bits per heavy atom. The molecule has 218 valence electrons. The highest BCUT2D eigenvalue weighted by molar-refractivity contribution is 7.93. The Hall–Kier alpha value is -4.14. The molecule has 0 aliphatic carbocycles. The Kier molecular flexibility index (Phi) is 9.15. The van der Waals surface area contributed by atoms with Crippen molar-refractivity contribution in [3.8, 4) is 28.6 Å². The number of aliphatic hydroxyl groups is 1. The van der Waals surface area contributed by atoms with Crippen molar-refractivity contribution >= 4 is 16.0 Å². The van der Waals surface area contributed by atoms with Crippen molar-refractivity contribution in [2.75, 3.05) is 25.5 Å². The number of anilines is 1. The van der Waals surface area contributed by atoms with Gasteiger partial charge < -0.3 is 19.3 Å². The molecule has 0 unspecified atom stereocenters. The fourth-order valence-corrected chi connectivity index (χ4v) is 5.17. The van der Waals surface area contributed by atoms with Gasteiger partial charge in [-0.25, -0.2) is 18.4 Å². The van der Waals surface area contributed by atoms with Crippen LogP contribution in [0, 0.1) is 13.8 Å². The monoisotopic (exact) mass is 583 g/mol. The highest BCUT2D eigenvalue weighted by Crippen LogP contribution is 2.38. The molecule has 1 aromatic carbocycles. The second-order valence-corrected chi connectivity index (χ2v) is 11.6. The molecule has 3 heterocycles. The molecule has 14 heteroatoms. The molecule has 0 aliphatic heterocycles. The SMILES string of the molecule is COc1cccc(OC)c1-n1c(NS(=O)(=O)[C@H](C)[C@H](OC[C@@H](C)O)c2ncc(C)cn2)nnc1-c1cncc(C)c1. The molecule has 13 nitrogen and oxygen atoms in total. The van der Waals surface area contributed by atoms with E-state index in [1.165, 1.54) is 32.6 Å².